The van der Waals surface area contributed by atoms with E-state index in [0.717, 1.165) is 12.0 Å². The van der Waals surface area contributed by atoms with Gasteiger partial charge in [0.1, 0.15) is 0 Å². The van der Waals surface area contributed by atoms with Crippen molar-refractivity contribution >= 4 is 0 Å². The molecule has 0 spiro atoms. The first-order chi connectivity index (χ1) is 7.72. The molecule has 2 rings (SSSR count). The highest BCUT2D eigenvalue weighted by molar-refractivity contribution is 4.93. The van der Waals surface area contributed by atoms with E-state index in [2.05, 4.69) is 18.7 Å². The molecule has 2 nitrogen and oxygen atoms in total. The van der Waals surface area contributed by atoms with Gasteiger partial charge < -0.3 is 5.73 Å². The van der Waals surface area contributed by atoms with Crippen molar-refractivity contribution in [3.8, 4) is 0 Å². The van der Waals surface area contributed by atoms with Gasteiger partial charge in [0, 0.05) is 18.1 Å². The summed E-state index contributed by atoms with van der Waals surface area (Å²) in [5, 5.41) is 0. The van der Waals surface area contributed by atoms with Gasteiger partial charge in [0.25, 0.3) is 0 Å². The molecule has 2 heteroatoms. The average Bonchev–Trinajstić information content (AvgIpc) is 2.68. The van der Waals surface area contributed by atoms with Crippen LogP contribution in [0.2, 0.25) is 0 Å². The fourth-order valence-electron chi connectivity index (χ4n) is 3.75. The fourth-order valence-corrected chi connectivity index (χ4v) is 3.75. The topological polar surface area (TPSA) is 29.3 Å². The van der Waals surface area contributed by atoms with Gasteiger partial charge in [-0.15, -0.1) is 0 Å². The van der Waals surface area contributed by atoms with Crippen molar-refractivity contribution in [2.75, 3.05) is 6.54 Å². The smallest absolute Gasteiger partial charge is 0.0252 e. The molecule has 1 saturated carbocycles. The predicted octanol–water partition coefficient (Wildman–Crippen LogP) is 2.77. The summed E-state index contributed by atoms with van der Waals surface area (Å²) >= 11 is 0. The molecule has 0 aromatic heterocycles. The van der Waals surface area contributed by atoms with E-state index in [-0.39, 0.29) is 0 Å². The van der Waals surface area contributed by atoms with Crippen LogP contribution in [0, 0.1) is 5.92 Å². The van der Waals surface area contributed by atoms with Crippen LogP contribution < -0.4 is 5.73 Å². The van der Waals surface area contributed by atoms with Gasteiger partial charge in [-0.2, -0.15) is 0 Å². The molecule has 0 aromatic rings. The summed E-state index contributed by atoms with van der Waals surface area (Å²) in [6, 6.07) is 1.90. The van der Waals surface area contributed by atoms with E-state index in [0.29, 0.717) is 12.1 Å². The maximum Gasteiger partial charge on any atom is 0.0252 e. The Morgan fingerprint density at radius 2 is 2.06 bits per heavy atom. The second kappa shape index (κ2) is 5.50. The zero-order valence-corrected chi connectivity index (χ0v) is 11.0. The van der Waals surface area contributed by atoms with Crippen molar-refractivity contribution in [3.63, 3.8) is 0 Å². The monoisotopic (exact) mass is 224 g/mol. The number of hydrogen-bond donors (Lipinski definition) is 1. The lowest BCUT2D eigenvalue weighted by molar-refractivity contribution is 0.103. The third kappa shape index (κ3) is 2.60. The minimum atomic E-state index is 0.439. The largest absolute Gasteiger partial charge is 0.326 e. The zero-order valence-electron chi connectivity index (χ0n) is 11.0. The molecular formula is C14H28N2. The van der Waals surface area contributed by atoms with Crippen molar-refractivity contribution in [1.82, 2.24) is 4.90 Å². The molecular weight excluding hydrogens is 196 g/mol. The van der Waals surface area contributed by atoms with Crippen LogP contribution in [-0.2, 0) is 0 Å². The molecule has 0 aromatic carbocycles. The molecule has 16 heavy (non-hydrogen) atoms. The number of likely N-dealkylation sites (tertiary alicyclic amines) is 1. The molecule has 94 valence electrons. The van der Waals surface area contributed by atoms with Crippen molar-refractivity contribution < 1.29 is 0 Å². The highest BCUT2D eigenvalue weighted by Gasteiger charge is 2.35. The standard InChI is InChI=1S/C14H28N2/c1-3-5-12-7-8-13(15)14(10-12)16-9-4-6-11(16)2/h11-14H,3-10,15H2,1-2H3. The number of hydrogen-bond acceptors (Lipinski definition) is 2. The molecule has 2 fully saturated rings. The van der Waals surface area contributed by atoms with Crippen LogP contribution in [0.15, 0.2) is 0 Å². The van der Waals surface area contributed by atoms with Crippen LogP contribution in [0.5, 0.6) is 0 Å². The van der Waals surface area contributed by atoms with E-state index in [1.165, 1.54) is 51.5 Å². The molecule has 1 saturated heterocycles. The molecule has 0 bridgehead atoms. The van der Waals surface area contributed by atoms with Crippen molar-refractivity contribution in [2.45, 2.75) is 76.9 Å². The lowest BCUT2D eigenvalue weighted by Gasteiger charge is -2.41. The molecule has 1 aliphatic carbocycles. The quantitative estimate of drug-likeness (QED) is 0.798. The number of nitrogens with two attached hydrogens (primary N) is 1. The third-order valence-corrected chi connectivity index (χ3v) is 4.70. The van der Waals surface area contributed by atoms with Crippen LogP contribution in [0.1, 0.15) is 58.8 Å². The fraction of sp³-hybridized carbons (Fsp3) is 1.00. The van der Waals surface area contributed by atoms with E-state index in [1.54, 1.807) is 0 Å². The van der Waals surface area contributed by atoms with E-state index in [9.17, 15) is 0 Å². The summed E-state index contributed by atoms with van der Waals surface area (Å²) < 4.78 is 0. The Bertz CT molecular complexity index is 217. The molecule has 0 amide bonds. The molecule has 2 N–H and O–H groups in total. The van der Waals surface area contributed by atoms with Crippen molar-refractivity contribution in [3.05, 3.63) is 0 Å². The Morgan fingerprint density at radius 3 is 2.69 bits per heavy atom. The second-order valence-electron chi connectivity index (χ2n) is 5.93. The van der Waals surface area contributed by atoms with Gasteiger partial charge in [0.15, 0.2) is 0 Å². The Morgan fingerprint density at radius 1 is 1.25 bits per heavy atom. The van der Waals surface area contributed by atoms with Gasteiger partial charge in [-0.1, -0.05) is 19.8 Å². The normalized spacial score (nSPS) is 41.4. The molecule has 0 radical (unpaired) electrons. The summed E-state index contributed by atoms with van der Waals surface area (Å²) in [5.74, 6) is 0.947. The predicted molar refractivity (Wildman–Crippen MR) is 69.4 cm³/mol. The molecule has 4 atom stereocenters. The van der Waals surface area contributed by atoms with Crippen molar-refractivity contribution in [1.29, 1.82) is 0 Å². The lowest BCUT2D eigenvalue weighted by atomic mass is 9.79. The zero-order chi connectivity index (χ0) is 11.5. The minimum Gasteiger partial charge on any atom is -0.326 e. The number of rotatable bonds is 3. The van der Waals surface area contributed by atoms with Gasteiger partial charge in [-0.3, -0.25) is 4.90 Å². The summed E-state index contributed by atoms with van der Waals surface area (Å²) in [4.78, 5) is 2.70. The first-order valence-electron chi connectivity index (χ1n) is 7.23. The average molecular weight is 224 g/mol. The maximum atomic E-state index is 6.34. The van der Waals surface area contributed by atoms with E-state index < -0.39 is 0 Å². The van der Waals surface area contributed by atoms with Gasteiger partial charge in [0.05, 0.1) is 0 Å². The second-order valence-corrected chi connectivity index (χ2v) is 5.93. The molecule has 2 aliphatic rings. The van der Waals surface area contributed by atoms with Crippen LogP contribution in [0.4, 0.5) is 0 Å². The lowest BCUT2D eigenvalue weighted by Crippen LogP contribution is -2.52. The van der Waals surface area contributed by atoms with Gasteiger partial charge >= 0.3 is 0 Å². The van der Waals surface area contributed by atoms with Crippen LogP contribution in [0.3, 0.4) is 0 Å². The maximum absolute atomic E-state index is 6.34. The Balaban J connectivity index is 1.95. The van der Waals surface area contributed by atoms with Gasteiger partial charge in [-0.05, 0) is 51.5 Å². The minimum absolute atomic E-state index is 0.439. The van der Waals surface area contributed by atoms with E-state index in [4.69, 9.17) is 5.73 Å². The van der Waals surface area contributed by atoms with Gasteiger partial charge in [0.2, 0.25) is 0 Å². The summed E-state index contributed by atoms with van der Waals surface area (Å²) in [7, 11) is 0. The van der Waals surface area contributed by atoms with Crippen LogP contribution >= 0.6 is 0 Å². The van der Waals surface area contributed by atoms with Gasteiger partial charge in [-0.25, -0.2) is 0 Å². The number of nitrogens with zero attached hydrogens (tertiary/aromatic N) is 1. The highest BCUT2D eigenvalue weighted by atomic mass is 15.2. The van der Waals surface area contributed by atoms with Crippen LogP contribution in [0.25, 0.3) is 0 Å². The van der Waals surface area contributed by atoms with E-state index >= 15 is 0 Å². The first kappa shape index (κ1) is 12.4. The Labute approximate surface area is 101 Å². The first-order valence-corrected chi connectivity index (χ1v) is 7.23. The van der Waals surface area contributed by atoms with Crippen molar-refractivity contribution in [2.24, 2.45) is 11.7 Å². The molecule has 4 unspecified atom stereocenters. The highest BCUT2D eigenvalue weighted by Crippen LogP contribution is 2.33. The third-order valence-electron chi connectivity index (χ3n) is 4.70. The molecule has 1 heterocycles. The SMILES string of the molecule is CCCC1CCC(N)C(N2CCCC2C)C1. The Kier molecular flexibility index (Phi) is 4.26. The Hall–Kier alpha value is -0.0800. The summed E-state index contributed by atoms with van der Waals surface area (Å²) in [6.45, 7) is 5.98. The molecule has 1 aliphatic heterocycles. The summed E-state index contributed by atoms with van der Waals surface area (Å²) in [5.41, 5.74) is 6.34. The van der Waals surface area contributed by atoms with Crippen LogP contribution in [-0.4, -0.2) is 29.6 Å². The summed E-state index contributed by atoms with van der Waals surface area (Å²) in [6.07, 6.45) is 9.48. The van der Waals surface area contributed by atoms with E-state index in [1.807, 2.05) is 0 Å².